The van der Waals surface area contributed by atoms with Crippen molar-refractivity contribution in [1.29, 1.82) is 0 Å². The molecule has 5 nitrogen and oxygen atoms in total. The molecule has 1 aromatic carbocycles. The lowest BCUT2D eigenvalue weighted by Gasteiger charge is -2.23. The standard InChI is InChI=1S/C15H19FN2O3/c1-3-21-14(19)10-17(2)13-8-9-18(15(13)20)12-7-5-4-6-11(12)16/h4-7,13H,3,8-10H2,1-2H3. The number of carbonyl (C=O) groups is 2. The minimum absolute atomic E-state index is 0.0510. The second-order valence-electron chi connectivity index (χ2n) is 4.97. The molecule has 0 spiro atoms. The Kier molecular flexibility index (Phi) is 4.90. The molecule has 6 heteroatoms. The van der Waals surface area contributed by atoms with Crippen LogP contribution in [0.1, 0.15) is 13.3 Å². The lowest BCUT2D eigenvalue weighted by molar-refractivity contribution is -0.144. The molecule has 0 aliphatic carbocycles. The number of ether oxygens (including phenoxy) is 1. The average molecular weight is 294 g/mol. The Balaban J connectivity index is 2.05. The number of nitrogens with zero attached hydrogens (tertiary/aromatic N) is 2. The molecule has 1 unspecified atom stereocenters. The third-order valence-electron chi connectivity index (χ3n) is 3.54. The fourth-order valence-corrected chi connectivity index (χ4v) is 2.50. The first-order valence-corrected chi connectivity index (χ1v) is 6.96. The van der Waals surface area contributed by atoms with Crippen LogP contribution in [-0.2, 0) is 14.3 Å². The summed E-state index contributed by atoms with van der Waals surface area (Å²) in [6.07, 6.45) is 0.559. The molecule has 1 aliphatic heterocycles. The molecular formula is C15H19FN2O3. The van der Waals surface area contributed by atoms with Crippen LogP contribution in [0.15, 0.2) is 24.3 Å². The topological polar surface area (TPSA) is 49.9 Å². The monoisotopic (exact) mass is 294 g/mol. The van der Waals surface area contributed by atoms with Gasteiger partial charge in [-0.3, -0.25) is 14.5 Å². The molecule has 1 fully saturated rings. The van der Waals surface area contributed by atoms with E-state index < -0.39 is 11.9 Å². The van der Waals surface area contributed by atoms with Gasteiger partial charge in [0.25, 0.3) is 0 Å². The number of hydrogen-bond donors (Lipinski definition) is 0. The summed E-state index contributed by atoms with van der Waals surface area (Å²) in [7, 11) is 1.70. The van der Waals surface area contributed by atoms with Crippen LogP contribution < -0.4 is 4.90 Å². The van der Waals surface area contributed by atoms with Gasteiger partial charge in [0.15, 0.2) is 0 Å². The minimum atomic E-state index is -0.422. The maximum atomic E-state index is 13.8. The van der Waals surface area contributed by atoms with Gasteiger partial charge in [-0.2, -0.15) is 0 Å². The quantitative estimate of drug-likeness (QED) is 0.771. The smallest absolute Gasteiger partial charge is 0.320 e. The van der Waals surface area contributed by atoms with E-state index in [-0.39, 0.29) is 24.1 Å². The molecule has 1 atom stereocenters. The van der Waals surface area contributed by atoms with Gasteiger partial charge in [-0.25, -0.2) is 4.39 Å². The van der Waals surface area contributed by atoms with Gasteiger partial charge < -0.3 is 9.64 Å². The summed E-state index contributed by atoms with van der Waals surface area (Å²) in [5.74, 6) is -0.969. The molecular weight excluding hydrogens is 275 g/mol. The molecule has 1 heterocycles. The van der Waals surface area contributed by atoms with Gasteiger partial charge in [-0.15, -0.1) is 0 Å². The van der Waals surface area contributed by atoms with Gasteiger partial charge in [0.1, 0.15) is 5.82 Å². The molecule has 0 N–H and O–H groups in total. The zero-order valence-electron chi connectivity index (χ0n) is 12.2. The van der Waals surface area contributed by atoms with Crippen LogP contribution in [0.2, 0.25) is 0 Å². The van der Waals surface area contributed by atoms with Crippen molar-refractivity contribution < 1.29 is 18.7 Å². The first kappa shape index (κ1) is 15.4. The molecule has 114 valence electrons. The summed E-state index contributed by atoms with van der Waals surface area (Å²) >= 11 is 0. The fraction of sp³-hybridized carbons (Fsp3) is 0.467. The van der Waals surface area contributed by atoms with Gasteiger partial charge in [-0.05, 0) is 32.5 Å². The SMILES string of the molecule is CCOC(=O)CN(C)C1CCN(c2ccccc2F)C1=O. The van der Waals surface area contributed by atoms with Crippen molar-refractivity contribution in [3.8, 4) is 0 Å². The van der Waals surface area contributed by atoms with Crippen molar-refractivity contribution >= 4 is 17.6 Å². The highest BCUT2D eigenvalue weighted by molar-refractivity contribution is 5.99. The van der Waals surface area contributed by atoms with Crippen LogP contribution in [0, 0.1) is 5.82 Å². The highest BCUT2D eigenvalue weighted by Gasteiger charge is 2.36. The van der Waals surface area contributed by atoms with Crippen molar-refractivity contribution in [3.63, 3.8) is 0 Å². The summed E-state index contributed by atoms with van der Waals surface area (Å²) in [5.41, 5.74) is 0.287. The van der Waals surface area contributed by atoms with E-state index in [1.54, 1.807) is 37.1 Å². The molecule has 21 heavy (non-hydrogen) atoms. The number of para-hydroxylation sites is 1. The zero-order valence-corrected chi connectivity index (χ0v) is 12.2. The van der Waals surface area contributed by atoms with Gasteiger partial charge in [0.2, 0.25) is 5.91 Å². The third kappa shape index (κ3) is 3.39. The number of hydrogen-bond acceptors (Lipinski definition) is 4. The van der Waals surface area contributed by atoms with E-state index in [2.05, 4.69) is 0 Å². The van der Waals surface area contributed by atoms with Crippen LogP contribution in [0.25, 0.3) is 0 Å². The van der Waals surface area contributed by atoms with Crippen LogP contribution in [0.4, 0.5) is 10.1 Å². The number of esters is 1. The summed E-state index contributed by atoms with van der Waals surface area (Å²) < 4.78 is 18.6. The number of halogens is 1. The Hall–Kier alpha value is -1.95. The van der Waals surface area contributed by atoms with Crippen molar-refractivity contribution in [2.24, 2.45) is 0 Å². The zero-order chi connectivity index (χ0) is 15.4. The highest BCUT2D eigenvalue weighted by Crippen LogP contribution is 2.26. The number of benzene rings is 1. The predicted octanol–water partition coefficient (Wildman–Crippen LogP) is 1.43. The number of likely N-dealkylation sites (N-methyl/N-ethyl adjacent to an activating group) is 1. The molecule has 1 aliphatic rings. The average Bonchev–Trinajstić information content (AvgIpc) is 2.81. The molecule has 0 radical (unpaired) electrons. The molecule has 0 bridgehead atoms. The van der Waals surface area contributed by atoms with E-state index in [1.807, 2.05) is 0 Å². The van der Waals surface area contributed by atoms with E-state index in [4.69, 9.17) is 4.74 Å². The van der Waals surface area contributed by atoms with Gasteiger partial charge in [0, 0.05) is 6.54 Å². The second-order valence-corrected chi connectivity index (χ2v) is 4.97. The van der Waals surface area contributed by atoms with E-state index in [9.17, 15) is 14.0 Å². The lowest BCUT2D eigenvalue weighted by Crippen LogP contribution is -2.42. The lowest BCUT2D eigenvalue weighted by atomic mass is 10.2. The van der Waals surface area contributed by atoms with E-state index in [0.29, 0.717) is 19.6 Å². The minimum Gasteiger partial charge on any atom is -0.465 e. The molecule has 0 saturated carbocycles. The Bertz CT molecular complexity index is 535. The number of rotatable bonds is 5. The Morgan fingerprint density at radius 3 is 2.86 bits per heavy atom. The summed E-state index contributed by atoms with van der Waals surface area (Å²) in [4.78, 5) is 27.0. The van der Waals surface area contributed by atoms with Crippen LogP contribution in [-0.4, -0.2) is 49.6 Å². The largest absolute Gasteiger partial charge is 0.465 e. The van der Waals surface area contributed by atoms with Gasteiger partial charge >= 0.3 is 5.97 Å². The van der Waals surface area contributed by atoms with Crippen molar-refractivity contribution in [2.45, 2.75) is 19.4 Å². The number of amides is 1. The highest BCUT2D eigenvalue weighted by atomic mass is 19.1. The normalized spacial score (nSPS) is 18.4. The first-order valence-electron chi connectivity index (χ1n) is 6.96. The third-order valence-corrected chi connectivity index (χ3v) is 3.54. The maximum Gasteiger partial charge on any atom is 0.320 e. The molecule has 2 rings (SSSR count). The molecule has 1 saturated heterocycles. The van der Waals surface area contributed by atoms with Gasteiger partial charge in [-0.1, -0.05) is 12.1 Å². The van der Waals surface area contributed by atoms with Crippen molar-refractivity contribution in [2.75, 3.05) is 31.6 Å². The van der Waals surface area contributed by atoms with E-state index in [1.165, 1.54) is 11.0 Å². The summed E-state index contributed by atoms with van der Waals surface area (Å²) in [6, 6.07) is 5.78. The van der Waals surface area contributed by atoms with Crippen molar-refractivity contribution in [3.05, 3.63) is 30.1 Å². The number of anilines is 1. The van der Waals surface area contributed by atoms with E-state index >= 15 is 0 Å². The predicted molar refractivity (Wildman–Crippen MR) is 76.4 cm³/mol. The Morgan fingerprint density at radius 1 is 1.48 bits per heavy atom. The van der Waals surface area contributed by atoms with Crippen molar-refractivity contribution in [1.82, 2.24) is 4.90 Å². The second kappa shape index (κ2) is 6.67. The van der Waals surface area contributed by atoms with Crippen LogP contribution in [0.3, 0.4) is 0 Å². The first-order chi connectivity index (χ1) is 10.0. The number of carbonyl (C=O) groups excluding carboxylic acids is 2. The molecule has 0 aromatic heterocycles. The van der Waals surface area contributed by atoms with E-state index in [0.717, 1.165) is 0 Å². The Morgan fingerprint density at radius 2 is 2.19 bits per heavy atom. The van der Waals surface area contributed by atoms with Crippen LogP contribution in [0.5, 0.6) is 0 Å². The van der Waals surface area contributed by atoms with Crippen LogP contribution >= 0.6 is 0 Å². The maximum absolute atomic E-state index is 13.8. The summed E-state index contributed by atoms with van der Waals surface area (Å²) in [5, 5.41) is 0. The summed E-state index contributed by atoms with van der Waals surface area (Å²) in [6.45, 7) is 2.54. The van der Waals surface area contributed by atoms with Gasteiger partial charge in [0.05, 0.1) is 24.9 Å². The Labute approximate surface area is 123 Å². The molecule has 1 aromatic rings. The molecule has 1 amide bonds. The fourth-order valence-electron chi connectivity index (χ4n) is 2.50.